The van der Waals surface area contributed by atoms with Crippen LogP contribution >= 0.6 is 15.9 Å². The van der Waals surface area contributed by atoms with Gasteiger partial charge in [0.15, 0.2) is 0 Å². The van der Waals surface area contributed by atoms with Crippen LogP contribution in [0, 0.1) is 0 Å². The van der Waals surface area contributed by atoms with Gasteiger partial charge in [-0.15, -0.1) is 0 Å². The SMILES string of the molecule is CCN(CC(=O)O)C(=O)Nc1cc(Br)cc(C(F)(F)F)c1. The molecular weight excluding hydrogens is 357 g/mol. The second-order valence-electron chi connectivity index (χ2n) is 4.06. The first kappa shape index (κ1) is 17.3. The lowest BCUT2D eigenvalue weighted by Gasteiger charge is -2.19. The van der Waals surface area contributed by atoms with E-state index in [4.69, 9.17) is 5.11 Å². The summed E-state index contributed by atoms with van der Waals surface area (Å²) >= 11 is 2.93. The highest BCUT2D eigenvalue weighted by Gasteiger charge is 2.31. The molecule has 0 saturated carbocycles. The van der Waals surface area contributed by atoms with Gasteiger partial charge in [-0.25, -0.2) is 4.79 Å². The zero-order chi connectivity index (χ0) is 16.2. The molecule has 0 aliphatic rings. The van der Waals surface area contributed by atoms with E-state index in [0.29, 0.717) is 0 Å². The number of alkyl halides is 3. The van der Waals surface area contributed by atoms with Gasteiger partial charge in [-0.2, -0.15) is 13.2 Å². The fourth-order valence-corrected chi connectivity index (χ4v) is 2.01. The molecule has 0 heterocycles. The molecule has 1 aromatic rings. The molecule has 2 N–H and O–H groups in total. The van der Waals surface area contributed by atoms with Gasteiger partial charge in [-0.05, 0) is 25.1 Å². The average molecular weight is 369 g/mol. The van der Waals surface area contributed by atoms with Gasteiger partial charge in [-0.3, -0.25) is 4.79 Å². The maximum Gasteiger partial charge on any atom is 0.416 e. The van der Waals surface area contributed by atoms with Crippen molar-refractivity contribution in [1.29, 1.82) is 0 Å². The van der Waals surface area contributed by atoms with Crippen molar-refractivity contribution in [2.75, 3.05) is 18.4 Å². The van der Waals surface area contributed by atoms with Crippen LogP contribution in [0.5, 0.6) is 0 Å². The number of urea groups is 1. The van der Waals surface area contributed by atoms with Crippen molar-refractivity contribution in [3.05, 3.63) is 28.2 Å². The highest BCUT2D eigenvalue weighted by atomic mass is 79.9. The van der Waals surface area contributed by atoms with Gasteiger partial charge < -0.3 is 15.3 Å². The molecular formula is C12H12BrF3N2O3. The van der Waals surface area contributed by atoms with Crippen LogP contribution in [-0.4, -0.2) is 35.1 Å². The van der Waals surface area contributed by atoms with E-state index in [1.807, 2.05) is 0 Å². The van der Waals surface area contributed by atoms with E-state index in [2.05, 4.69) is 21.2 Å². The van der Waals surface area contributed by atoms with Crippen LogP contribution in [0.25, 0.3) is 0 Å². The Morgan fingerprint density at radius 1 is 1.33 bits per heavy atom. The van der Waals surface area contributed by atoms with Crippen molar-refractivity contribution in [2.45, 2.75) is 13.1 Å². The Morgan fingerprint density at radius 2 is 1.95 bits per heavy atom. The molecule has 0 aliphatic carbocycles. The number of nitrogens with one attached hydrogen (secondary N) is 1. The molecule has 5 nitrogen and oxygen atoms in total. The molecule has 0 radical (unpaired) electrons. The number of nitrogens with zero attached hydrogens (tertiary/aromatic N) is 1. The molecule has 1 aromatic carbocycles. The fraction of sp³-hybridized carbons (Fsp3) is 0.333. The van der Waals surface area contributed by atoms with Gasteiger partial charge in [0, 0.05) is 16.7 Å². The molecule has 0 spiro atoms. The Labute approximate surface area is 126 Å². The number of hydrogen-bond donors (Lipinski definition) is 2. The van der Waals surface area contributed by atoms with E-state index in [-0.39, 0.29) is 16.7 Å². The molecule has 9 heteroatoms. The van der Waals surface area contributed by atoms with E-state index in [0.717, 1.165) is 17.0 Å². The summed E-state index contributed by atoms with van der Waals surface area (Å²) in [5.74, 6) is -1.21. The topological polar surface area (TPSA) is 69.6 Å². The van der Waals surface area contributed by atoms with E-state index in [1.165, 1.54) is 6.07 Å². The number of benzene rings is 1. The molecule has 2 amide bonds. The molecule has 0 aromatic heterocycles. The molecule has 21 heavy (non-hydrogen) atoms. The monoisotopic (exact) mass is 368 g/mol. The summed E-state index contributed by atoms with van der Waals surface area (Å²) in [5, 5.41) is 10.9. The normalized spacial score (nSPS) is 11.1. The number of hydrogen-bond acceptors (Lipinski definition) is 2. The maximum absolute atomic E-state index is 12.7. The lowest BCUT2D eigenvalue weighted by molar-refractivity contribution is -0.138. The third kappa shape index (κ3) is 5.25. The molecule has 0 bridgehead atoms. The number of carboxylic acid groups (broad SMARTS) is 1. The van der Waals surface area contributed by atoms with Crippen LogP contribution in [0.2, 0.25) is 0 Å². The highest BCUT2D eigenvalue weighted by molar-refractivity contribution is 9.10. The predicted octanol–water partition coefficient (Wildman–Crippen LogP) is 3.41. The molecule has 0 saturated heterocycles. The van der Waals surface area contributed by atoms with Gasteiger partial charge in [0.05, 0.1) is 5.56 Å². The summed E-state index contributed by atoms with van der Waals surface area (Å²) in [6.07, 6.45) is -4.55. The summed E-state index contributed by atoms with van der Waals surface area (Å²) < 4.78 is 38.1. The van der Waals surface area contributed by atoms with Gasteiger partial charge in [-0.1, -0.05) is 15.9 Å². The maximum atomic E-state index is 12.7. The van der Waals surface area contributed by atoms with Crippen molar-refractivity contribution in [2.24, 2.45) is 0 Å². The quantitative estimate of drug-likeness (QED) is 0.855. The number of anilines is 1. The average Bonchev–Trinajstić information content (AvgIpc) is 2.33. The fourth-order valence-electron chi connectivity index (χ4n) is 1.52. The van der Waals surface area contributed by atoms with Crippen LogP contribution in [0.3, 0.4) is 0 Å². The van der Waals surface area contributed by atoms with Crippen LogP contribution in [0.15, 0.2) is 22.7 Å². The zero-order valence-electron chi connectivity index (χ0n) is 10.9. The van der Waals surface area contributed by atoms with Crippen LogP contribution in [0.4, 0.5) is 23.7 Å². The summed E-state index contributed by atoms with van der Waals surface area (Å²) in [5.41, 5.74) is -1.00. The molecule has 0 fully saturated rings. The van der Waals surface area contributed by atoms with E-state index in [1.54, 1.807) is 6.92 Å². The van der Waals surface area contributed by atoms with Gasteiger partial charge in [0.25, 0.3) is 0 Å². The predicted molar refractivity (Wildman–Crippen MR) is 73.0 cm³/mol. The number of likely N-dealkylation sites (N-methyl/N-ethyl adjacent to an activating group) is 1. The first-order valence-corrected chi connectivity index (χ1v) is 6.58. The van der Waals surface area contributed by atoms with Crippen LogP contribution in [-0.2, 0) is 11.0 Å². The van der Waals surface area contributed by atoms with E-state index < -0.39 is 30.3 Å². The van der Waals surface area contributed by atoms with Crippen molar-refractivity contribution in [3.8, 4) is 0 Å². The number of aliphatic carboxylic acids is 1. The first-order chi connectivity index (χ1) is 9.63. The van der Waals surface area contributed by atoms with Crippen molar-refractivity contribution < 1.29 is 27.9 Å². The van der Waals surface area contributed by atoms with E-state index in [9.17, 15) is 22.8 Å². The largest absolute Gasteiger partial charge is 0.480 e. The summed E-state index contributed by atoms with van der Waals surface area (Å²) in [4.78, 5) is 23.3. The molecule has 0 unspecified atom stereocenters. The molecule has 1 rings (SSSR count). The Balaban J connectivity index is 2.94. The van der Waals surface area contributed by atoms with E-state index >= 15 is 0 Å². The number of carbonyl (C=O) groups excluding carboxylic acids is 1. The minimum atomic E-state index is -4.55. The van der Waals surface area contributed by atoms with Gasteiger partial charge in [0.2, 0.25) is 0 Å². The van der Waals surface area contributed by atoms with Gasteiger partial charge >= 0.3 is 18.2 Å². The van der Waals surface area contributed by atoms with Crippen LogP contribution < -0.4 is 5.32 Å². The Kier molecular flexibility index (Phi) is 5.59. The third-order valence-corrected chi connectivity index (χ3v) is 2.93. The van der Waals surface area contributed by atoms with Crippen molar-refractivity contribution in [3.63, 3.8) is 0 Å². The number of rotatable bonds is 4. The second kappa shape index (κ2) is 6.79. The molecule has 0 aliphatic heterocycles. The smallest absolute Gasteiger partial charge is 0.416 e. The minimum Gasteiger partial charge on any atom is -0.480 e. The number of carboxylic acids is 1. The van der Waals surface area contributed by atoms with Crippen LogP contribution in [0.1, 0.15) is 12.5 Å². The number of carbonyl (C=O) groups is 2. The lowest BCUT2D eigenvalue weighted by Crippen LogP contribution is -2.38. The Hall–Kier alpha value is -1.77. The third-order valence-electron chi connectivity index (χ3n) is 2.47. The Bertz CT molecular complexity index is 549. The van der Waals surface area contributed by atoms with Crippen molar-refractivity contribution in [1.82, 2.24) is 4.90 Å². The summed E-state index contributed by atoms with van der Waals surface area (Å²) in [7, 11) is 0. The zero-order valence-corrected chi connectivity index (χ0v) is 12.5. The number of halogens is 4. The highest BCUT2D eigenvalue weighted by Crippen LogP contribution is 2.33. The first-order valence-electron chi connectivity index (χ1n) is 5.79. The minimum absolute atomic E-state index is 0.0782. The standard InChI is InChI=1S/C12H12BrF3N2O3/c1-2-18(6-10(19)20)11(21)17-9-4-7(12(14,15)16)3-8(13)5-9/h3-5H,2,6H2,1H3,(H,17,21)(H,19,20). The summed E-state index contributed by atoms with van der Waals surface area (Å²) in [6, 6.07) is 2.16. The van der Waals surface area contributed by atoms with Gasteiger partial charge in [0.1, 0.15) is 6.54 Å². The number of amides is 2. The summed E-state index contributed by atoms with van der Waals surface area (Å²) in [6.45, 7) is 1.13. The Morgan fingerprint density at radius 3 is 2.43 bits per heavy atom. The van der Waals surface area contributed by atoms with Crippen molar-refractivity contribution >= 4 is 33.6 Å². The lowest BCUT2D eigenvalue weighted by atomic mass is 10.2. The molecule has 116 valence electrons. The second-order valence-corrected chi connectivity index (χ2v) is 4.98. The molecule has 0 atom stereocenters.